The summed E-state index contributed by atoms with van der Waals surface area (Å²) in [5, 5.41) is 7.69. The maximum Gasteiger partial charge on any atom is 0.411 e. The number of hydrogen-bond donors (Lipinski definition) is 3. The summed E-state index contributed by atoms with van der Waals surface area (Å²) in [6.45, 7) is -0.709. The number of amides is 2. The predicted molar refractivity (Wildman–Crippen MR) is 63.6 cm³/mol. The molecule has 6 nitrogen and oxygen atoms in total. The van der Waals surface area contributed by atoms with Gasteiger partial charge >= 0.3 is 6.18 Å². The molecule has 0 spiro atoms. The summed E-state index contributed by atoms with van der Waals surface area (Å²) in [7, 11) is 0. The minimum Gasteiger partial charge on any atom is -0.352 e. The molecule has 1 heterocycles. The molecule has 116 valence electrons. The fraction of sp³-hybridized carbons (Fsp3) is 0.818. The van der Waals surface area contributed by atoms with Gasteiger partial charge < -0.3 is 20.7 Å². The van der Waals surface area contributed by atoms with Crippen LogP contribution in [0, 0.1) is 5.92 Å². The molecule has 0 aromatic carbocycles. The van der Waals surface area contributed by atoms with Crippen molar-refractivity contribution < 1.29 is 27.5 Å². The van der Waals surface area contributed by atoms with Crippen molar-refractivity contribution in [3.05, 3.63) is 0 Å². The number of piperidine rings is 1. The van der Waals surface area contributed by atoms with Crippen LogP contribution in [0.2, 0.25) is 0 Å². The molecule has 0 unspecified atom stereocenters. The third-order valence-corrected chi connectivity index (χ3v) is 2.77. The van der Waals surface area contributed by atoms with Gasteiger partial charge in [-0.15, -0.1) is 0 Å². The van der Waals surface area contributed by atoms with Crippen molar-refractivity contribution >= 4 is 11.8 Å². The van der Waals surface area contributed by atoms with Gasteiger partial charge in [-0.2, -0.15) is 13.2 Å². The first-order chi connectivity index (χ1) is 9.38. The number of alkyl halides is 3. The zero-order valence-corrected chi connectivity index (χ0v) is 10.9. The van der Waals surface area contributed by atoms with Gasteiger partial charge in [0.15, 0.2) is 0 Å². The molecule has 0 aliphatic carbocycles. The maximum absolute atomic E-state index is 11.7. The second-order valence-corrected chi connectivity index (χ2v) is 4.45. The second kappa shape index (κ2) is 8.05. The number of rotatable bonds is 6. The minimum atomic E-state index is -4.42. The third kappa shape index (κ3) is 7.29. The zero-order valence-electron chi connectivity index (χ0n) is 10.9. The molecule has 1 rings (SSSR count). The Morgan fingerprint density at radius 2 is 1.85 bits per heavy atom. The van der Waals surface area contributed by atoms with E-state index in [1.165, 1.54) is 0 Å². The highest BCUT2D eigenvalue weighted by atomic mass is 19.4. The average molecular weight is 297 g/mol. The molecule has 0 aromatic rings. The summed E-state index contributed by atoms with van der Waals surface area (Å²) < 4.78 is 39.4. The topological polar surface area (TPSA) is 79.5 Å². The molecule has 9 heteroatoms. The first-order valence-electron chi connectivity index (χ1n) is 6.28. The summed E-state index contributed by atoms with van der Waals surface area (Å²) in [6, 6.07) is 0. The largest absolute Gasteiger partial charge is 0.411 e. The summed E-state index contributed by atoms with van der Waals surface area (Å²) in [6.07, 6.45) is -3.00. The van der Waals surface area contributed by atoms with Crippen molar-refractivity contribution in [1.82, 2.24) is 16.0 Å². The Morgan fingerprint density at radius 1 is 1.20 bits per heavy atom. The van der Waals surface area contributed by atoms with Crippen LogP contribution in [0.15, 0.2) is 0 Å². The first kappa shape index (κ1) is 16.7. The van der Waals surface area contributed by atoms with E-state index in [1.807, 2.05) is 0 Å². The fourth-order valence-electron chi connectivity index (χ4n) is 1.76. The number of hydrogen-bond acceptors (Lipinski definition) is 4. The molecule has 3 N–H and O–H groups in total. The summed E-state index contributed by atoms with van der Waals surface area (Å²) in [5.74, 6) is -0.919. The number of halogens is 3. The van der Waals surface area contributed by atoms with Crippen LogP contribution >= 0.6 is 0 Å². The van der Waals surface area contributed by atoms with Crippen LogP contribution in [0.1, 0.15) is 12.8 Å². The quantitative estimate of drug-likeness (QED) is 0.467. The lowest BCUT2D eigenvalue weighted by Crippen LogP contribution is -2.43. The number of nitrogens with one attached hydrogen (secondary N) is 3. The van der Waals surface area contributed by atoms with Gasteiger partial charge in [-0.05, 0) is 25.9 Å². The fourth-order valence-corrected chi connectivity index (χ4v) is 1.76. The van der Waals surface area contributed by atoms with Crippen LogP contribution < -0.4 is 16.0 Å². The van der Waals surface area contributed by atoms with Crippen molar-refractivity contribution in [3.63, 3.8) is 0 Å². The Labute approximate surface area is 114 Å². The summed E-state index contributed by atoms with van der Waals surface area (Å²) in [5.41, 5.74) is 0. The Hall–Kier alpha value is -1.35. The van der Waals surface area contributed by atoms with Crippen LogP contribution in [-0.4, -0.2) is 51.0 Å². The van der Waals surface area contributed by atoms with Crippen molar-refractivity contribution in [1.29, 1.82) is 0 Å². The molecular formula is C11H18F3N3O3. The summed E-state index contributed by atoms with van der Waals surface area (Å²) in [4.78, 5) is 22.9. The van der Waals surface area contributed by atoms with Crippen LogP contribution in [0.4, 0.5) is 13.2 Å². The number of carbonyl (C=O) groups is 2. The normalized spacial score (nSPS) is 16.8. The standard InChI is InChI=1S/C11H18F3N3O3/c12-11(13,14)6-20-7-17-9(18)5-16-10(19)8-1-3-15-4-2-8/h8,15H,1-7H2,(H,16,19)(H,17,18). The van der Waals surface area contributed by atoms with E-state index in [4.69, 9.17) is 0 Å². The molecule has 0 saturated carbocycles. The SMILES string of the molecule is O=C(CNC(=O)C1CCNCC1)NCOCC(F)(F)F. The first-order valence-corrected chi connectivity index (χ1v) is 6.28. The van der Waals surface area contributed by atoms with Crippen LogP contribution in [0.25, 0.3) is 0 Å². The molecule has 0 bridgehead atoms. The zero-order chi connectivity index (χ0) is 15.0. The number of ether oxygens (including phenoxy) is 1. The Morgan fingerprint density at radius 3 is 2.45 bits per heavy atom. The molecule has 0 atom stereocenters. The Bertz CT molecular complexity index is 331. The van der Waals surface area contributed by atoms with E-state index in [2.05, 4.69) is 20.7 Å². The van der Waals surface area contributed by atoms with Gasteiger partial charge in [-0.25, -0.2) is 0 Å². The van der Waals surface area contributed by atoms with Crippen LogP contribution in [-0.2, 0) is 14.3 Å². The molecule has 1 fully saturated rings. The summed E-state index contributed by atoms with van der Waals surface area (Å²) >= 11 is 0. The lowest BCUT2D eigenvalue weighted by molar-refractivity contribution is -0.176. The van der Waals surface area contributed by atoms with Gasteiger partial charge in [0.25, 0.3) is 0 Å². The van der Waals surface area contributed by atoms with Crippen molar-refractivity contribution in [2.45, 2.75) is 19.0 Å². The lowest BCUT2D eigenvalue weighted by Gasteiger charge is -2.21. The van der Waals surface area contributed by atoms with E-state index < -0.39 is 25.4 Å². The van der Waals surface area contributed by atoms with E-state index in [0.29, 0.717) is 12.8 Å². The average Bonchev–Trinajstić information content (AvgIpc) is 2.41. The van der Waals surface area contributed by atoms with Crippen molar-refractivity contribution in [3.8, 4) is 0 Å². The molecule has 1 aliphatic heterocycles. The van der Waals surface area contributed by atoms with E-state index in [0.717, 1.165) is 13.1 Å². The van der Waals surface area contributed by atoms with E-state index in [1.54, 1.807) is 0 Å². The lowest BCUT2D eigenvalue weighted by atomic mass is 9.97. The Balaban J connectivity index is 2.08. The molecule has 2 amide bonds. The minimum absolute atomic E-state index is 0.120. The van der Waals surface area contributed by atoms with Crippen molar-refractivity contribution in [2.24, 2.45) is 5.92 Å². The highest BCUT2D eigenvalue weighted by molar-refractivity contribution is 5.85. The third-order valence-electron chi connectivity index (χ3n) is 2.77. The van der Waals surface area contributed by atoms with Gasteiger partial charge in [-0.3, -0.25) is 9.59 Å². The van der Waals surface area contributed by atoms with E-state index >= 15 is 0 Å². The monoisotopic (exact) mass is 297 g/mol. The van der Waals surface area contributed by atoms with Gasteiger partial charge in [0.05, 0.1) is 6.54 Å². The smallest absolute Gasteiger partial charge is 0.352 e. The van der Waals surface area contributed by atoms with Gasteiger partial charge in [0.2, 0.25) is 11.8 Å². The number of carbonyl (C=O) groups excluding carboxylic acids is 2. The van der Waals surface area contributed by atoms with Gasteiger partial charge in [-0.1, -0.05) is 0 Å². The van der Waals surface area contributed by atoms with Crippen LogP contribution in [0.5, 0.6) is 0 Å². The van der Waals surface area contributed by atoms with E-state index in [-0.39, 0.29) is 18.4 Å². The van der Waals surface area contributed by atoms with Gasteiger partial charge in [0, 0.05) is 5.92 Å². The molecular weight excluding hydrogens is 279 g/mol. The molecule has 0 aromatic heterocycles. The highest BCUT2D eigenvalue weighted by Gasteiger charge is 2.27. The van der Waals surface area contributed by atoms with Crippen LogP contribution in [0.3, 0.4) is 0 Å². The molecule has 0 radical (unpaired) electrons. The highest BCUT2D eigenvalue weighted by Crippen LogP contribution is 2.13. The van der Waals surface area contributed by atoms with Gasteiger partial charge in [0.1, 0.15) is 13.3 Å². The van der Waals surface area contributed by atoms with E-state index in [9.17, 15) is 22.8 Å². The Kier molecular flexibility index (Phi) is 6.73. The maximum atomic E-state index is 11.7. The molecule has 1 aliphatic rings. The molecule has 20 heavy (non-hydrogen) atoms. The van der Waals surface area contributed by atoms with Crippen molar-refractivity contribution in [2.75, 3.05) is 33.0 Å². The molecule has 1 saturated heterocycles. The predicted octanol–water partition coefficient (Wildman–Crippen LogP) is -0.245. The second-order valence-electron chi connectivity index (χ2n) is 4.45.